The van der Waals surface area contributed by atoms with Crippen molar-refractivity contribution in [2.75, 3.05) is 0 Å². The summed E-state index contributed by atoms with van der Waals surface area (Å²) in [6, 6.07) is 12.0. The Kier molecular flexibility index (Phi) is 15.1. The Morgan fingerprint density at radius 3 is 0.846 bits per heavy atom. The van der Waals surface area contributed by atoms with E-state index < -0.39 is 10.4 Å². The molecule has 62 valence electrons. The Morgan fingerprint density at radius 2 is 0.769 bits per heavy atom. The zero-order chi connectivity index (χ0) is 8.74. The summed E-state index contributed by atoms with van der Waals surface area (Å²) < 4.78 is 34.1. The molecule has 0 atom stereocenters. The summed E-state index contributed by atoms with van der Waals surface area (Å²) in [6.07, 6.45) is 0. The van der Waals surface area contributed by atoms with E-state index in [0.717, 1.165) is 0 Å². The Balaban J connectivity index is -0.000000136. The van der Waals surface area contributed by atoms with E-state index in [9.17, 15) is 0 Å². The normalized spacial score (nSPS) is 8.15. The molecule has 0 amide bonds. The largest absolute Gasteiger partial charge is 1.00 e. The van der Waals surface area contributed by atoms with Crippen molar-refractivity contribution < 1.29 is 55.2 Å². The van der Waals surface area contributed by atoms with E-state index in [1.165, 1.54) is 0 Å². The first-order valence-electron chi connectivity index (χ1n) is 2.67. The fraction of sp³-hybridized carbons (Fsp3) is 0. The molecule has 0 aliphatic heterocycles. The van der Waals surface area contributed by atoms with Crippen LogP contribution in [0.25, 0.3) is 0 Å². The molecule has 1 rings (SSSR count). The van der Waals surface area contributed by atoms with E-state index in [-0.39, 0.29) is 37.7 Å². The van der Waals surface area contributed by atoms with Crippen molar-refractivity contribution in [1.82, 2.24) is 0 Å². The van der Waals surface area contributed by atoms with Gasteiger partial charge in [0.25, 0.3) is 0 Å². The number of rotatable bonds is 0. The first-order chi connectivity index (χ1) is 5.00. The third-order valence-corrected chi connectivity index (χ3v) is 0.667. The number of hydrogen-bond donors (Lipinski definition) is 0. The van der Waals surface area contributed by atoms with Crippen LogP contribution in [0.1, 0.15) is 0 Å². The van der Waals surface area contributed by atoms with Crippen LogP contribution in [0, 0.1) is 0 Å². The topological polar surface area (TPSA) is 80.3 Å². The van der Waals surface area contributed by atoms with Gasteiger partial charge in [0.15, 0.2) is 0 Å². The minimum absolute atomic E-state index is 0. The molecule has 0 heterocycles. The fourth-order valence-corrected chi connectivity index (χ4v) is 0.385. The molecule has 7 heteroatoms. The molecule has 0 aliphatic rings. The smallest absolute Gasteiger partial charge is 0.759 e. The molecule has 0 aromatic heterocycles. The van der Waals surface area contributed by atoms with E-state index in [1.807, 2.05) is 36.4 Å². The summed E-state index contributed by atoms with van der Waals surface area (Å²) in [6.45, 7) is 0. The monoisotopic (exact) mass is 188 g/mol. The van der Waals surface area contributed by atoms with Crippen LogP contribution >= 0.6 is 0 Å². The quantitative estimate of drug-likeness (QED) is 0.231. The van der Waals surface area contributed by atoms with Crippen LogP contribution in [0.3, 0.4) is 0 Å². The standard InChI is InChI=1S/C6H6.2Li.H2O4S/c1-2-4-6-5-3-1;;;1-5(2,3)4/h1-6H;;;(H2,1,2,3,4)/q;2*+1;/p-2. The minimum Gasteiger partial charge on any atom is -0.759 e. The molecule has 0 radical (unpaired) electrons. The maximum atomic E-state index is 8.52. The molecule has 1 aromatic rings. The van der Waals surface area contributed by atoms with Crippen molar-refractivity contribution in [3.05, 3.63) is 36.4 Å². The molecule has 0 bridgehead atoms. The third kappa shape index (κ3) is 32.9. The van der Waals surface area contributed by atoms with Gasteiger partial charge < -0.3 is 9.11 Å². The molecule has 4 nitrogen and oxygen atoms in total. The predicted molar refractivity (Wildman–Crippen MR) is 36.9 cm³/mol. The van der Waals surface area contributed by atoms with Gasteiger partial charge in [-0.2, -0.15) is 0 Å². The zero-order valence-electron chi connectivity index (χ0n) is 7.51. The van der Waals surface area contributed by atoms with E-state index in [2.05, 4.69) is 0 Å². The predicted octanol–water partition coefficient (Wildman–Crippen LogP) is -5.64. The van der Waals surface area contributed by atoms with Gasteiger partial charge in [-0.15, -0.1) is 0 Å². The van der Waals surface area contributed by atoms with Crippen LogP contribution in [0.2, 0.25) is 0 Å². The van der Waals surface area contributed by atoms with E-state index in [4.69, 9.17) is 17.5 Å². The van der Waals surface area contributed by atoms with Gasteiger partial charge in [0, 0.05) is 10.4 Å². The van der Waals surface area contributed by atoms with Crippen LogP contribution in [0.5, 0.6) is 0 Å². The Morgan fingerprint density at radius 1 is 0.692 bits per heavy atom. The minimum atomic E-state index is -5.17. The fourth-order valence-electron chi connectivity index (χ4n) is 0.385. The SMILES string of the molecule is O=S(=O)([O-])[O-].[Li+].[Li+].c1ccccc1. The second kappa shape index (κ2) is 10.4. The summed E-state index contributed by atoms with van der Waals surface area (Å²) in [4.78, 5) is 0. The van der Waals surface area contributed by atoms with Crippen LogP contribution < -0.4 is 37.7 Å². The van der Waals surface area contributed by atoms with Crippen molar-refractivity contribution in [3.8, 4) is 0 Å². The molecule has 0 saturated carbocycles. The molecule has 0 aliphatic carbocycles. The van der Waals surface area contributed by atoms with Gasteiger partial charge in [0.1, 0.15) is 0 Å². The van der Waals surface area contributed by atoms with Gasteiger partial charge in [0.2, 0.25) is 0 Å². The van der Waals surface area contributed by atoms with E-state index >= 15 is 0 Å². The van der Waals surface area contributed by atoms with Crippen molar-refractivity contribution in [2.45, 2.75) is 0 Å². The van der Waals surface area contributed by atoms with Gasteiger partial charge in [-0.25, -0.2) is 0 Å². The molecular formula is C6H6Li2O4S. The van der Waals surface area contributed by atoms with Gasteiger partial charge in [-0.05, 0) is 0 Å². The average molecular weight is 188 g/mol. The Hall–Kier alpha value is 0.285. The third-order valence-electron chi connectivity index (χ3n) is 0.667. The Labute approximate surface area is 102 Å². The van der Waals surface area contributed by atoms with Crippen molar-refractivity contribution in [3.63, 3.8) is 0 Å². The maximum absolute atomic E-state index is 8.52. The Bertz CT molecular complexity index is 239. The van der Waals surface area contributed by atoms with Crippen molar-refractivity contribution in [1.29, 1.82) is 0 Å². The van der Waals surface area contributed by atoms with Crippen molar-refractivity contribution >= 4 is 10.4 Å². The summed E-state index contributed by atoms with van der Waals surface area (Å²) in [5.41, 5.74) is 0. The summed E-state index contributed by atoms with van der Waals surface area (Å²) >= 11 is 0. The molecule has 0 unspecified atom stereocenters. The first-order valence-corrected chi connectivity index (χ1v) is 4.00. The van der Waals surface area contributed by atoms with Gasteiger partial charge in [0.05, 0.1) is 0 Å². The molecule has 0 saturated heterocycles. The molecular weight excluding hydrogens is 182 g/mol. The van der Waals surface area contributed by atoms with E-state index in [1.54, 1.807) is 0 Å². The van der Waals surface area contributed by atoms with Gasteiger partial charge in [-0.3, -0.25) is 8.42 Å². The second-order valence-electron chi connectivity index (χ2n) is 1.56. The second-order valence-corrected chi connectivity index (χ2v) is 2.38. The number of hydrogen-bond acceptors (Lipinski definition) is 4. The molecule has 1 aromatic carbocycles. The van der Waals surface area contributed by atoms with Crippen LogP contribution in [-0.2, 0) is 10.4 Å². The summed E-state index contributed by atoms with van der Waals surface area (Å²) in [5, 5.41) is 0. The van der Waals surface area contributed by atoms with E-state index in [0.29, 0.717) is 0 Å². The van der Waals surface area contributed by atoms with Crippen molar-refractivity contribution in [2.24, 2.45) is 0 Å². The van der Waals surface area contributed by atoms with Gasteiger partial charge in [-0.1, -0.05) is 36.4 Å². The van der Waals surface area contributed by atoms with Gasteiger partial charge >= 0.3 is 37.7 Å². The summed E-state index contributed by atoms with van der Waals surface area (Å²) in [5.74, 6) is 0. The maximum Gasteiger partial charge on any atom is 1.00 e. The van der Waals surface area contributed by atoms with Crippen LogP contribution in [0.4, 0.5) is 0 Å². The molecule has 0 fully saturated rings. The molecule has 0 N–H and O–H groups in total. The molecule has 13 heavy (non-hydrogen) atoms. The van der Waals surface area contributed by atoms with Crippen LogP contribution in [-0.4, -0.2) is 17.5 Å². The van der Waals surface area contributed by atoms with Crippen LogP contribution in [0.15, 0.2) is 36.4 Å². The summed E-state index contributed by atoms with van der Waals surface area (Å²) in [7, 11) is -5.17. The average Bonchev–Trinajstić information content (AvgIpc) is 1.88. The number of benzene rings is 1. The first kappa shape index (κ1) is 19.0. The zero-order valence-corrected chi connectivity index (χ0v) is 8.32. The molecule has 0 spiro atoms.